The molecule has 7 nitrogen and oxygen atoms in total. The Balaban J connectivity index is 0.000000224. The molecule has 0 radical (unpaired) electrons. The molecular weight excluding hydrogens is 284 g/mol. The number of aliphatic imine (C=N–C) groups is 1. The lowest BCUT2D eigenvalue weighted by Crippen LogP contribution is -2.09. The summed E-state index contributed by atoms with van der Waals surface area (Å²) in [5.74, 6) is 2.25. The van der Waals surface area contributed by atoms with Crippen LogP contribution < -0.4 is 5.73 Å². The zero-order valence-corrected chi connectivity index (χ0v) is 13.8. The van der Waals surface area contributed by atoms with E-state index in [1.54, 1.807) is 12.1 Å². The van der Waals surface area contributed by atoms with Gasteiger partial charge >= 0.3 is 0 Å². The van der Waals surface area contributed by atoms with E-state index in [1.807, 2.05) is 41.5 Å². The Morgan fingerprint density at radius 3 is 1.82 bits per heavy atom. The largest absolute Gasteiger partial charge is 0.381 e. The van der Waals surface area contributed by atoms with Crippen LogP contribution in [-0.2, 0) is 15.6 Å². The third-order valence-corrected chi connectivity index (χ3v) is 2.66. The van der Waals surface area contributed by atoms with Crippen molar-refractivity contribution in [2.45, 2.75) is 52.4 Å². The molecule has 0 fully saturated rings. The second-order valence-corrected chi connectivity index (χ2v) is 6.87. The summed E-state index contributed by atoms with van der Waals surface area (Å²) in [5.41, 5.74) is 5.27. The Morgan fingerprint density at radius 2 is 1.50 bits per heavy atom. The fourth-order valence-corrected chi connectivity index (χ4v) is 1.36. The fourth-order valence-electron chi connectivity index (χ4n) is 1.36. The summed E-state index contributed by atoms with van der Waals surface area (Å²) >= 11 is 0. The van der Waals surface area contributed by atoms with Crippen molar-refractivity contribution >= 4 is 17.7 Å². The van der Waals surface area contributed by atoms with Crippen molar-refractivity contribution in [2.24, 2.45) is 4.99 Å². The molecule has 0 aliphatic heterocycles. The van der Waals surface area contributed by atoms with Crippen LogP contribution in [0.1, 0.15) is 53.1 Å². The molecule has 0 aromatic carbocycles. The van der Waals surface area contributed by atoms with Crippen molar-refractivity contribution in [2.75, 3.05) is 5.73 Å². The van der Waals surface area contributed by atoms with Gasteiger partial charge in [0.05, 0.1) is 0 Å². The van der Waals surface area contributed by atoms with Gasteiger partial charge in [-0.15, -0.1) is 4.99 Å². The van der Waals surface area contributed by atoms with Gasteiger partial charge in [-0.05, 0) is 0 Å². The number of hydrogen-bond donors (Lipinski definition) is 1. The maximum Gasteiger partial charge on any atom is 0.242 e. The van der Waals surface area contributed by atoms with Gasteiger partial charge < -0.3 is 14.8 Å². The van der Waals surface area contributed by atoms with Crippen molar-refractivity contribution in [3.63, 3.8) is 0 Å². The van der Waals surface area contributed by atoms with Crippen molar-refractivity contribution < 1.29 is 13.8 Å². The molecule has 0 amide bonds. The van der Waals surface area contributed by atoms with Crippen LogP contribution >= 0.6 is 0 Å². The summed E-state index contributed by atoms with van der Waals surface area (Å²) in [6, 6.07) is 3.38. The number of nitrogens with zero attached hydrogens (tertiary/aromatic N) is 3. The van der Waals surface area contributed by atoms with E-state index in [1.165, 1.54) is 6.08 Å². The second kappa shape index (κ2) is 6.58. The Hall–Kier alpha value is -2.40. The van der Waals surface area contributed by atoms with Crippen molar-refractivity contribution in [1.29, 1.82) is 0 Å². The van der Waals surface area contributed by atoms with Gasteiger partial charge in [0.25, 0.3) is 0 Å². The van der Waals surface area contributed by atoms with Crippen LogP contribution in [0, 0.1) is 0 Å². The van der Waals surface area contributed by atoms with Crippen molar-refractivity contribution in [3.8, 4) is 0 Å². The first-order valence-electron chi connectivity index (χ1n) is 6.82. The molecule has 0 atom stereocenters. The van der Waals surface area contributed by atoms with Crippen LogP contribution in [-0.4, -0.2) is 16.4 Å². The van der Waals surface area contributed by atoms with Crippen molar-refractivity contribution in [1.82, 2.24) is 10.3 Å². The van der Waals surface area contributed by atoms with Gasteiger partial charge in [0.2, 0.25) is 11.9 Å². The zero-order valence-electron chi connectivity index (χ0n) is 13.8. The van der Waals surface area contributed by atoms with Crippen LogP contribution in [0.15, 0.2) is 26.2 Å². The summed E-state index contributed by atoms with van der Waals surface area (Å²) in [5, 5.41) is 7.15. The first-order valence-corrected chi connectivity index (χ1v) is 6.82. The topological polar surface area (TPSA) is 108 Å². The third kappa shape index (κ3) is 5.18. The molecule has 2 aromatic heterocycles. The lowest BCUT2D eigenvalue weighted by atomic mass is 9.93. The highest BCUT2D eigenvalue weighted by Crippen LogP contribution is 2.25. The highest BCUT2D eigenvalue weighted by molar-refractivity contribution is 5.44. The first-order chi connectivity index (χ1) is 10.0. The minimum Gasteiger partial charge on any atom is -0.381 e. The Labute approximate surface area is 129 Å². The van der Waals surface area contributed by atoms with E-state index in [-0.39, 0.29) is 16.6 Å². The molecule has 2 rings (SSSR count). The van der Waals surface area contributed by atoms with E-state index in [2.05, 4.69) is 15.3 Å². The van der Waals surface area contributed by atoms with Gasteiger partial charge in [0.15, 0.2) is 5.82 Å². The van der Waals surface area contributed by atoms with E-state index >= 15 is 0 Å². The minimum absolute atomic E-state index is 0.00458. The summed E-state index contributed by atoms with van der Waals surface area (Å²) in [4.78, 5) is 13.2. The Morgan fingerprint density at radius 1 is 1.00 bits per heavy atom. The molecule has 0 spiro atoms. The average Bonchev–Trinajstić information content (AvgIpc) is 2.97. The first kappa shape index (κ1) is 17.7. The SMILES string of the molecule is CC(C)(C)c1cc(N)no1.CC(C)(C)c1cc(N=C=O)no1. The summed E-state index contributed by atoms with van der Waals surface area (Å²) < 4.78 is 9.91. The van der Waals surface area contributed by atoms with Gasteiger partial charge in [-0.25, -0.2) is 4.79 Å². The summed E-state index contributed by atoms with van der Waals surface area (Å²) in [6.45, 7) is 12.1. The fraction of sp³-hybridized carbons (Fsp3) is 0.533. The van der Waals surface area contributed by atoms with Gasteiger partial charge in [-0.2, -0.15) is 0 Å². The highest BCUT2D eigenvalue weighted by Gasteiger charge is 2.19. The molecule has 22 heavy (non-hydrogen) atoms. The molecule has 7 heteroatoms. The minimum atomic E-state index is -0.107. The molecule has 2 heterocycles. The number of aromatic nitrogens is 2. The number of nitrogen functional groups attached to an aromatic ring is 1. The van der Waals surface area contributed by atoms with Crippen LogP contribution in [0.5, 0.6) is 0 Å². The third-order valence-electron chi connectivity index (χ3n) is 2.66. The molecular formula is C15H22N4O3. The van der Waals surface area contributed by atoms with Crippen LogP contribution in [0.2, 0.25) is 0 Å². The van der Waals surface area contributed by atoms with Crippen LogP contribution in [0.3, 0.4) is 0 Å². The number of carbonyl (C=O) groups excluding carboxylic acids is 1. The molecule has 0 unspecified atom stereocenters. The van der Waals surface area contributed by atoms with Crippen molar-refractivity contribution in [3.05, 3.63) is 23.7 Å². The molecule has 0 saturated carbocycles. The van der Waals surface area contributed by atoms with Gasteiger partial charge in [0.1, 0.15) is 11.5 Å². The Kier molecular flexibility index (Phi) is 5.28. The molecule has 2 N–H and O–H groups in total. The highest BCUT2D eigenvalue weighted by atomic mass is 16.5. The lowest BCUT2D eigenvalue weighted by molar-refractivity contribution is 0.330. The van der Waals surface area contributed by atoms with Gasteiger partial charge in [-0.1, -0.05) is 51.9 Å². The van der Waals surface area contributed by atoms with Gasteiger partial charge in [0, 0.05) is 23.0 Å². The second-order valence-electron chi connectivity index (χ2n) is 6.87. The lowest BCUT2D eigenvalue weighted by Gasteiger charge is -2.11. The predicted octanol–water partition coefficient (Wildman–Crippen LogP) is 3.49. The normalized spacial score (nSPS) is 11.4. The molecule has 0 saturated heterocycles. The predicted molar refractivity (Wildman–Crippen MR) is 82.6 cm³/mol. The maximum absolute atomic E-state index is 9.86. The van der Waals surface area contributed by atoms with E-state index in [0.29, 0.717) is 11.6 Å². The monoisotopic (exact) mass is 306 g/mol. The summed E-state index contributed by atoms with van der Waals surface area (Å²) in [6.07, 6.45) is 1.40. The molecule has 120 valence electrons. The Bertz CT molecular complexity index is 653. The average molecular weight is 306 g/mol. The van der Waals surface area contributed by atoms with E-state index in [9.17, 15) is 4.79 Å². The van der Waals surface area contributed by atoms with E-state index < -0.39 is 0 Å². The number of nitrogens with two attached hydrogens (primary N) is 1. The zero-order chi connectivity index (χ0) is 17.0. The number of isocyanates is 1. The molecule has 2 aromatic rings. The molecule has 0 aliphatic carbocycles. The number of hydrogen-bond acceptors (Lipinski definition) is 7. The summed E-state index contributed by atoms with van der Waals surface area (Å²) in [7, 11) is 0. The van der Waals surface area contributed by atoms with E-state index in [0.717, 1.165) is 5.76 Å². The van der Waals surface area contributed by atoms with Gasteiger partial charge in [-0.3, -0.25) is 0 Å². The molecule has 0 bridgehead atoms. The smallest absolute Gasteiger partial charge is 0.242 e. The molecule has 0 aliphatic rings. The number of rotatable bonds is 1. The van der Waals surface area contributed by atoms with E-state index in [4.69, 9.17) is 14.8 Å². The standard InChI is InChI=1S/C8H10N2O2.C7H12N2O/c1-8(2,3)6-4-7(9-5-11)10-12-6;1-7(2,3)5-4-6(8)9-10-5/h4H,1-3H3;4H,1-3H3,(H2,8,9). The van der Waals surface area contributed by atoms with Crippen LogP contribution in [0.4, 0.5) is 11.6 Å². The van der Waals surface area contributed by atoms with Crippen LogP contribution in [0.25, 0.3) is 0 Å². The quantitative estimate of drug-likeness (QED) is 0.638. The number of anilines is 1. The maximum atomic E-state index is 9.86.